The van der Waals surface area contributed by atoms with E-state index in [1.807, 2.05) is 6.07 Å². The summed E-state index contributed by atoms with van der Waals surface area (Å²) in [6, 6.07) is 8.00. The van der Waals surface area contributed by atoms with Gasteiger partial charge in [0.25, 0.3) is 0 Å². The fourth-order valence-corrected chi connectivity index (χ4v) is 3.77. The number of benzene rings is 1. The van der Waals surface area contributed by atoms with Gasteiger partial charge in [-0.25, -0.2) is 4.99 Å². The molecule has 0 amide bonds. The molecule has 0 saturated carbocycles. The number of nitrogens with one attached hydrogen (secondary N) is 1. The van der Waals surface area contributed by atoms with Gasteiger partial charge in [0.1, 0.15) is 5.75 Å². The third-order valence-corrected chi connectivity index (χ3v) is 5.23. The number of rotatable bonds is 5. The average Bonchev–Trinajstić information content (AvgIpc) is 3.07. The van der Waals surface area contributed by atoms with Crippen LogP contribution in [0.3, 0.4) is 0 Å². The molecule has 1 heterocycles. The van der Waals surface area contributed by atoms with Crippen LogP contribution in [0, 0.1) is 0 Å². The van der Waals surface area contributed by atoms with Crippen LogP contribution in [0.2, 0.25) is 0 Å². The molecule has 0 fully saturated rings. The van der Waals surface area contributed by atoms with Crippen molar-refractivity contribution in [3.63, 3.8) is 0 Å². The highest BCUT2D eigenvalue weighted by molar-refractivity contribution is 7.09. The second-order valence-electron chi connectivity index (χ2n) is 5.87. The molecule has 1 aromatic carbocycles. The number of nitrogens with two attached hydrogens (primary N) is 1. The van der Waals surface area contributed by atoms with Gasteiger partial charge in [0.15, 0.2) is 5.96 Å². The van der Waals surface area contributed by atoms with Crippen molar-refractivity contribution in [2.24, 2.45) is 10.7 Å². The summed E-state index contributed by atoms with van der Waals surface area (Å²) in [4.78, 5) is 5.74. The van der Waals surface area contributed by atoms with E-state index in [0.29, 0.717) is 18.3 Å². The lowest BCUT2D eigenvalue weighted by Crippen LogP contribution is -2.33. The van der Waals surface area contributed by atoms with Crippen molar-refractivity contribution >= 4 is 17.3 Å². The summed E-state index contributed by atoms with van der Waals surface area (Å²) in [6.07, 6.45) is 5.48. The Morgan fingerprint density at radius 3 is 2.96 bits per heavy atom. The van der Waals surface area contributed by atoms with Crippen LogP contribution >= 0.6 is 11.3 Å². The summed E-state index contributed by atoms with van der Waals surface area (Å²) < 4.78 is 0. The number of aromatic hydroxyl groups is 1. The smallest absolute Gasteiger partial charge is 0.188 e. The maximum absolute atomic E-state index is 10.2. The summed E-state index contributed by atoms with van der Waals surface area (Å²) in [5.74, 6) is 0.773. The highest BCUT2D eigenvalue weighted by Crippen LogP contribution is 2.30. The molecule has 3 rings (SSSR count). The first-order valence-electron chi connectivity index (χ1n) is 8.13. The topological polar surface area (TPSA) is 70.6 Å². The number of phenolic OH excluding ortho intramolecular Hbond substituents is 1. The van der Waals surface area contributed by atoms with Crippen molar-refractivity contribution in [2.45, 2.75) is 38.6 Å². The van der Waals surface area contributed by atoms with E-state index < -0.39 is 0 Å². The van der Waals surface area contributed by atoms with Crippen molar-refractivity contribution in [1.82, 2.24) is 5.32 Å². The summed E-state index contributed by atoms with van der Waals surface area (Å²) in [6.45, 7) is 1.21. The first-order valence-corrected chi connectivity index (χ1v) is 9.01. The second kappa shape index (κ2) is 7.51. The van der Waals surface area contributed by atoms with E-state index in [9.17, 15) is 5.11 Å². The standard InChI is InChI=1S/C18H23N3OS/c19-18(20-10-9-14-5-3-11-23-14)21-12-16-15-6-2-1-4-13(15)7-8-17(16)22/h3,5,7-8,11,22H,1-2,4,6,9-10,12H2,(H3,19,20,21). The number of guanidine groups is 1. The van der Waals surface area contributed by atoms with Gasteiger partial charge in [0, 0.05) is 17.0 Å². The first kappa shape index (κ1) is 15.9. The van der Waals surface area contributed by atoms with Gasteiger partial charge < -0.3 is 16.2 Å². The number of hydrogen-bond donors (Lipinski definition) is 3. The SMILES string of the molecule is NC(=NCc1c(O)ccc2c1CCCC2)NCCc1cccs1. The third kappa shape index (κ3) is 4.05. The second-order valence-corrected chi connectivity index (χ2v) is 6.90. The predicted octanol–water partition coefficient (Wildman–Crippen LogP) is 2.98. The van der Waals surface area contributed by atoms with E-state index in [0.717, 1.165) is 31.4 Å². The zero-order chi connectivity index (χ0) is 16.1. The van der Waals surface area contributed by atoms with Crippen molar-refractivity contribution in [3.8, 4) is 5.75 Å². The minimum Gasteiger partial charge on any atom is -0.508 e. The minimum atomic E-state index is 0.334. The van der Waals surface area contributed by atoms with Crippen LogP contribution < -0.4 is 11.1 Å². The summed E-state index contributed by atoms with van der Waals surface area (Å²) in [7, 11) is 0. The molecule has 0 radical (unpaired) electrons. The average molecular weight is 329 g/mol. The van der Waals surface area contributed by atoms with E-state index in [-0.39, 0.29) is 0 Å². The Labute approximate surface area is 141 Å². The molecule has 1 aliphatic rings. The molecule has 1 aromatic heterocycles. The molecule has 4 nitrogen and oxygen atoms in total. The Bertz CT molecular complexity index is 680. The molecule has 1 aliphatic carbocycles. The van der Waals surface area contributed by atoms with Gasteiger partial charge in [0.2, 0.25) is 0 Å². The zero-order valence-corrected chi connectivity index (χ0v) is 14.0. The minimum absolute atomic E-state index is 0.334. The fourth-order valence-electron chi connectivity index (χ4n) is 3.06. The first-order chi connectivity index (χ1) is 11.2. The van der Waals surface area contributed by atoms with Crippen LogP contribution in [0.15, 0.2) is 34.6 Å². The lowest BCUT2D eigenvalue weighted by Gasteiger charge is -2.19. The Kier molecular flexibility index (Phi) is 5.18. The molecule has 4 N–H and O–H groups in total. The molecule has 23 heavy (non-hydrogen) atoms. The van der Waals surface area contributed by atoms with Crippen LogP contribution in [0.25, 0.3) is 0 Å². The molecule has 0 spiro atoms. The quantitative estimate of drug-likeness (QED) is 0.583. The predicted molar refractivity (Wildman–Crippen MR) is 96.1 cm³/mol. The molecular weight excluding hydrogens is 306 g/mol. The molecular formula is C18H23N3OS. The van der Waals surface area contributed by atoms with Gasteiger partial charge in [0.05, 0.1) is 6.54 Å². The number of hydrogen-bond acceptors (Lipinski definition) is 3. The normalized spacial score (nSPS) is 14.5. The molecule has 122 valence electrons. The molecule has 2 aromatic rings. The van der Waals surface area contributed by atoms with Gasteiger partial charge in [-0.2, -0.15) is 0 Å². The van der Waals surface area contributed by atoms with Gasteiger partial charge in [-0.15, -0.1) is 11.3 Å². The lowest BCUT2D eigenvalue weighted by molar-refractivity contribution is 0.465. The van der Waals surface area contributed by atoms with Crippen molar-refractivity contribution < 1.29 is 5.11 Å². The zero-order valence-electron chi connectivity index (χ0n) is 13.2. The largest absolute Gasteiger partial charge is 0.508 e. The van der Waals surface area contributed by atoms with Crippen LogP contribution in [0.5, 0.6) is 5.75 Å². The van der Waals surface area contributed by atoms with E-state index in [1.165, 1.54) is 28.8 Å². The van der Waals surface area contributed by atoms with E-state index in [2.05, 4.69) is 27.8 Å². The molecule has 0 unspecified atom stereocenters. The Balaban J connectivity index is 1.60. The van der Waals surface area contributed by atoms with E-state index >= 15 is 0 Å². The van der Waals surface area contributed by atoms with Gasteiger partial charge in [-0.05, 0) is 60.7 Å². The molecule has 0 bridgehead atoms. The number of nitrogens with zero attached hydrogens (tertiary/aromatic N) is 1. The number of aryl methyl sites for hydroxylation is 1. The van der Waals surface area contributed by atoms with Crippen LogP contribution in [-0.2, 0) is 25.8 Å². The number of aliphatic imine (C=N–C) groups is 1. The number of fused-ring (bicyclic) bond motifs is 1. The fraction of sp³-hybridized carbons (Fsp3) is 0.389. The Hall–Kier alpha value is -2.01. The van der Waals surface area contributed by atoms with Crippen molar-refractivity contribution in [2.75, 3.05) is 6.54 Å². The maximum Gasteiger partial charge on any atom is 0.188 e. The molecule has 0 aliphatic heterocycles. The van der Waals surface area contributed by atoms with Gasteiger partial charge in [-0.3, -0.25) is 0 Å². The number of thiophene rings is 1. The van der Waals surface area contributed by atoms with Gasteiger partial charge in [-0.1, -0.05) is 12.1 Å². The molecule has 0 atom stereocenters. The maximum atomic E-state index is 10.2. The highest BCUT2D eigenvalue weighted by atomic mass is 32.1. The van der Waals surface area contributed by atoms with Crippen molar-refractivity contribution in [3.05, 3.63) is 51.2 Å². The number of phenols is 1. The lowest BCUT2D eigenvalue weighted by atomic mass is 9.88. The third-order valence-electron chi connectivity index (χ3n) is 4.29. The summed E-state index contributed by atoms with van der Waals surface area (Å²) in [5.41, 5.74) is 9.50. The summed E-state index contributed by atoms with van der Waals surface area (Å²) >= 11 is 1.75. The summed E-state index contributed by atoms with van der Waals surface area (Å²) in [5, 5.41) is 15.4. The Morgan fingerprint density at radius 2 is 2.13 bits per heavy atom. The monoisotopic (exact) mass is 329 g/mol. The highest BCUT2D eigenvalue weighted by Gasteiger charge is 2.16. The van der Waals surface area contributed by atoms with Crippen LogP contribution in [-0.4, -0.2) is 17.6 Å². The van der Waals surface area contributed by atoms with Gasteiger partial charge >= 0.3 is 0 Å². The van der Waals surface area contributed by atoms with Crippen LogP contribution in [0.1, 0.15) is 34.4 Å². The molecule has 0 saturated heterocycles. The van der Waals surface area contributed by atoms with E-state index in [1.54, 1.807) is 17.4 Å². The molecule has 5 heteroatoms. The van der Waals surface area contributed by atoms with E-state index in [4.69, 9.17) is 5.73 Å². The van der Waals surface area contributed by atoms with Crippen molar-refractivity contribution in [1.29, 1.82) is 0 Å². The Morgan fingerprint density at radius 1 is 1.26 bits per heavy atom. The van der Waals surface area contributed by atoms with Crippen LogP contribution in [0.4, 0.5) is 0 Å².